The first-order chi connectivity index (χ1) is 11.1. The van der Waals surface area contributed by atoms with E-state index in [4.69, 9.17) is 0 Å². The lowest BCUT2D eigenvalue weighted by Crippen LogP contribution is -2.28. The third-order valence-electron chi connectivity index (χ3n) is 2.68. The summed E-state index contributed by atoms with van der Waals surface area (Å²) in [7, 11) is 0. The van der Waals surface area contributed by atoms with Crippen LogP contribution in [0.3, 0.4) is 0 Å². The second-order valence-electron chi connectivity index (χ2n) is 4.15. The quantitative estimate of drug-likeness (QED) is 0.413. The van der Waals surface area contributed by atoms with Gasteiger partial charge in [0.05, 0.1) is 0 Å². The van der Waals surface area contributed by atoms with Gasteiger partial charge in [0.25, 0.3) is 0 Å². The Kier molecular flexibility index (Phi) is 5.08. The molecule has 0 saturated carbocycles. The largest absolute Gasteiger partial charge is 0.459 e. The molecule has 1 aromatic carbocycles. The molecule has 0 aliphatic carbocycles. The highest BCUT2D eigenvalue weighted by molar-refractivity contribution is 5.38. The van der Waals surface area contributed by atoms with Gasteiger partial charge in [0, 0.05) is 24.3 Å². The van der Waals surface area contributed by atoms with Crippen LogP contribution in [0, 0.1) is 20.2 Å². The zero-order valence-corrected chi connectivity index (χ0v) is 11.7. The Bertz CT molecular complexity index is 723. The van der Waals surface area contributed by atoms with Gasteiger partial charge in [-0.05, 0) is 4.92 Å². The minimum absolute atomic E-state index is 0.774. The maximum Gasteiger partial charge on any atom is 0.308 e. The lowest BCUT2D eigenvalue weighted by Gasteiger charge is -2.00. The number of pyridine rings is 1. The van der Waals surface area contributed by atoms with E-state index in [1.807, 2.05) is 48.8 Å². The van der Waals surface area contributed by atoms with Crippen LogP contribution in [0.2, 0.25) is 0 Å². The molecule has 0 aliphatic heterocycles. The fourth-order valence-electron chi connectivity index (χ4n) is 1.68. The summed E-state index contributed by atoms with van der Waals surface area (Å²) in [6.45, 7) is 0. The van der Waals surface area contributed by atoms with Gasteiger partial charge in [0.2, 0.25) is 11.5 Å². The number of hydrogen-bond acceptors (Lipinski definition) is 5. The van der Waals surface area contributed by atoms with E-state index < -0.39 is 21.5 Å². The number of nitrogens with zero attached hydrogens (tertiary/aromatic N) is 5. The Labute approximate surface area is 130 Å². The fraction of sp³-hybridized carbons (Fsp3) is 0. The van der Waals surface area contributed by atoms with Crippen molar-refractivity contribution in [2.24, 2.45) is 0 Å². The summed E-state index contributed by atoms with van der Waals surface area (Å²) in [4.78, 5) is 24.2. The Morgan fingerprint density at radius 1 is 0.913 bits per heavy atom. The van der Waals surface area contributed by atoms with Crippen molar-refractivity contribution >= 4 is 11.6 Å². The van der Waals surface area contributed by atoms with Crippen LogP contribution in [-0.4, -0.2) is 14.8 Å². The van der Waals surface area contributed by atoms with Gasteiger partial charge in [-0.3, -0.25) is 0 Å². The minimum Gasteiger partial charge on any atom is -0.459 e. The normalized spacial score (nSPS) is 9.57. The summed E-state index contributed by atoms with van der Waals surface area (Å²) in [5, 5.41) is 20.0. The van der Waals surface area contributed by atoms with E-state index in [2.05, 4.69) is 26.7 Å². The lowest BCUT2D eigenvalue weighted by atomic mass is 10.3. The molecule has 2 aromatic heterocycles. The van der Waals surface area contributed by atoms with Gasteiger partial charge in [0.15, 0.2) is 12.4 Å². The monoisotopic (exact) mass is 313 g/mol. The molecule has 9 heteroatoms. The van der Waals surface area contributed by atoms with E-state index >= 15 is 0 Å². The lowest BCUT2D eigenvalue weighted by molar-refractivity contribution is -0.595. The van der Waals surface area contributed by atoms with Crippen molar-refractivity contribution in [1.29, 1.82) is 0 Å². The molecular formula is C14H11N5O4. The molecule has 2 heterocycles. The molecule has 0 spiro atoms. The predicted molar refractivity (Wildman–Crippen MR) is 78.8 cm³/mol. The highest BCUT2D eigenvalue weighted by Gasteiger charge is 2.12. The molecule has 0 amide bonds. The smallest absolute Gasteiger partial charge is 0.308 e. The molecular weight excluding hydrogens is 302 g/mol. The molecule has 0 bridgehead atoms. The number of nitro groups is 2. The van der Waals surface area contributed by atoms with Crippen molar-refractivity contribution in [3.8, 4) is 5.69 Å². The summed E-state index contributed by atoms with van der Waals surface area (Å²) in [6.07, 6.45) is 4.85. The molecule has 116 valence electrons. The molecule has 0 fully saturated rings. The van der Waals surface area contributed by atoms with Crippen molar-refractivity contribution in [1.82, 2.24) is 9.97 Å². The number of hydrogen-bond donors (Lipinski definition) is 0. The predicted octanol–water partition coefficient (Wildman–Crippen LogP) is 1.82. The van der Waals surface area contributed by atoms with Crippen molar-refractivity contribution in [3.63, 3.8) is 0 Å². The molecule has 3 rings (SSSR count). The van der Waals surface area contributed by atoms with E-state index in [9.17, 15) is 20.2 Å². The van der Waals surface area contributed by atoms with Crippen molar-refractivity contribution in [3.05, 3.63) is 87.5 Å². The Hall–Kier alpha value is -3.62. The minimum atomic E-state index is -0.953. The van der Waals surface area contributed by atoms with Crippen LogP contribution in [-0.2, 0) is 0 Å². The molecule has 0 aliphatic rings. The van der Waals surface area contributed by atoms with Crippen molar-refractivity contribution in [2.75, 3.05) is 0 Å². The zero-order chi connectivity index (χ0) is 16.7. The second-order valence-corrected chi connectivity index (χ2v) is 4.15. The summed E-state index contributed by atoms with van der Waals surface area (Å²) < 4.78 is 2.08. The SMILES string of the molecule is O=[N+]([O-])c1nc[n-]c1[N+](=O)[O-].c1ccc(-[n+]2ccccc2)cc1. The number of para-hydroxylation sites is 1. The highest BCUT2D eigenvalue weighted by Crippen LogP contribution is 2.18. The molecule has 0 unspecified atom stereocenters. The molecule has 0 radical (unpaired) electrons. The molecule has 3 aromatic rings. The topological polar surface area (TPSA) is 117 Å². The van der Waals surface area contributed by atoms with Gasteiger partial charge < -0.3 is 20.2 Å². The van der Waals surface area contributed by atoms with Gasteiger partial charge in [0.1, 0.15) is 6.33 Å². The Morgan fingerprint density at radius 3 is 2.04 bits per heavy atom. The van der Waals surface area contributed by atoms with Crippen LogP contribution in [0.25, 0.3) is 5.69 Å². The average molecular weight is 313 g/mol. The molecule has 0 saturated heterocycles. The Morgan fingerprint density at radius 2 is 1.52 bits per heavy atom. The molecule has 0 atom stereocenters. The standard InChI is InChI=1S/C11H10N.C3HN4O4/c1-3-7-11(8-4-1)12-9-5-2-6-10-12;8-6(9)2-3(7(10)11)5-1-4-2/h1-10H;1H/q+1;-1. The van der Waals surface area contributed by atoms with Crippen LogP contribution < -0.4 is 9.55 Å². The van der Waals surface area contributed by atoms with Crippen molar-refractivity contribution in [2.45, 2.75) is 0 Å². The van der Waals surface area contributed by atoms with Crippen molar-refractivity contribution < 1.29 is 14.4 Å². The summed E-state index contributed by atoms with van der Waals surface area (Å²) in [6, 6.07) is 16.3. The van der Waals surface area contributed by atoms with Crippen LogP contribution >= 0.6 is 0 Å². The van der Waals surface area contributed by atoms with Crippen LogP contribution in [0.4, 0.5) is 11.6 Å². The van der Waals surface area contributed by atoms with E-state index in [0.717, 1.165) is 6.33 Å². The maximum absolute atomic E-state index is 9.99. The van der Waals surface area contributed by atoms with Crippen LogP contribution in [0.5, 0.6) is 0 Å². The fourth-order valence-corrected chi connectivity index (χ4v) is 1.68. The maximum atomic E-state index is 9.99. The van der Waals surface area contributed by atoms with Gasteiger partial charge in [-0.15, -0.1) is 0 Å². The first-order valence-electron chi connectivity index (χ1n) is 6.38. The second kappa shape index (κ2) is 7.41. The summed E-state index contributed by atoms with van der Waals surface area (Å²) >= 11 is 0. The molecule has 9 nitrogen and oxygen atoms in total. The van der Waals surface area contributed by atoms with E-state index in [1.165, 1.54) is 5.69 Å². The summed E-state index contributed by atoms with van der Waals surface area (Å²) in [5.74, 6) is -1.65. The summed E-state index contributed by atoms with van der Waals surface area (Å²) in [5.41, 5.74) is 1.19. The number of imidazole rings is 1. The van der Waals surface area contributed by atoms with Gasteiger partial charge in [-0.2, -0.15) is 14.5 Å². The first kappa shape index (κ1) is 15.8. The average Bonchev–Trinajstić information content (AvgIpc) is 3.07. The van der Waals surface area contributed by atoms with E-state index in [-0.39, 0.29) is 0 Å². The molecule has 23 heavy (non-hydrogen) atoms. The third kappa shape index (κ3) is 4.17. The number of aromatic nitrogens is 3. The van der Waals surface area contributed by atoms with Gasteiger partial charge in [-0.25, -0.2) is 4.98 Å². The third-order valence-corrected chi connectivity index (χ3v) is 2.68. The first-order valence-corrected chi connectivity index (χ1v) is 6.38. The van der Waals surface area contributed by atoms with Gasteiger partial charge >= 0.3 is 5.82 Å². The zero-order valence-electron chi connectivity index (χ0n) is 11.7. The highest BCUT2D eigenvalue weighted by atomic mass is 16.6. The van der Waals surface area contributed by atoms with Gasteiger partial charge in [-0.1, -0.05) is 24.3 Å². The van der Waals surface area contributed by atoms with Crippen LogP contribution in [0.1, 0.15) is 0 Å². The number of benzene rings is 1. The number of rotatable bonds is 3. The van der Waals surface area contributed by atoms with E-state index in [0.29, 0.717) is 0 Å². The van der Waals surface area contributed by atoms with E-state index in [1.54, 1.807) is 0 Å². The Balaban J connectivity index is 0.000000168. The molecule has 0 N–H and O–H groups in total. The van der Waals surface area contributed by atoms with Crippen LogP contribution in [0.15, 0.2) is 67.3 Å².